The lowest BCUT2D eigenvalue weighted by molar-refractivity contribution is -0.0684. The molecule has 1 aromatic carbocycles. The number of ether oxygens (including phenoxy) is 1. The van der Waals surface area contributed by atoms with Gasteiger partial charge in [-0.1, -0.05) is 6.07 Å². The first-order valence-electron chi connectivity index (χ1n) is 6.99. The molecule has 1 fully saturated rings. The van der Waals surface area contributed by atoms with Gasteiger partial charge in [0.05, 0.1) is 24.2 Å². The van der Waals surface area contributed by atoms with Crippen molar-refractivity contribution >= 4 is 9.84 Å². The molecule has 1 aliphatic heterocycles. The first-order chi connectivity index (χ1) is 10.8. The average Bonchev–Trinajstić information content (AvgIpc) is 2.97. The molecule has 124 valence electrons. The fraction of sp³-hybridized carbons (Fsp3) is 0.429. The summed E-state index contributed by atoms with van der Waals surface area (Å²) in [6.07, 6.45) is 2.68. The SMILES string of the molecule is C[C@H]1[C@](Cn2cncn2)(c2ccc(F)cc2F)OCCS1(=O)=O. The molecular weight excluding hydrogens is 328 g/mol. The summed E-state index contributed by atoms with van der Waals surface area (Å²) < 4.78 is 59.5. The first-order valence-corrected chi connectivity index (χ1v) is 8.70. The van der Waals surface area contributed by atoms with Crippen LogP contribution in [0, 0.1) is 11.6 Å². The van der Waals surface area contributed by atoms with E-state index in [1.54, 1.807) is 0 Å². The van der Waals surface area contributed by atoms with E-state index in [9.17, 15) is 17.2 Å². The van der Waals surface area contributed by atoms with Crippen LogP contribution in [0.1, 0.15) is 12.5 Å². The Balaban J connectivity index is 2.17. The Morgan fingerprint density at radius 1 is 1.43 bits per heavy atom. The van der Waals surface area contributed by atoms with Gasteiger partial charge in [0.25, 0.3) is 0 Å². The normalized spacial score (nSPS) is 27.0. The first kappa shape index (κ1) is 16.0. The fourth-order valence-electron chi connectivity index (χ4n) is 2.87. The zero-order valence-corrected chi connectivity index (χ0v) is 13.1. The summed E-state index contributed by atoms with van der Waals surface area (Å²) in [5.74, 6) is -1.74. The van der Waals surface area contributed by atoms with Crippen LogP contribution in [-0.2, 0) is 26.7 Å². The largest absolute Gasteiger partial charge is 0.366 e. The van der Waals surface area contributed by atoms with Crippen molar-refractivity contribution in [2.75, 3.05) is 12.4 Å². The number of halogens is 2. The highest BCUT2D eigenvalue weighted by molar-refractivity contribution is 7.92. The molecule has 2 atom stereocenters. The molecule has 0 unspecified atom stereocenters. The second-order valence-electron chi connectivity index (χ2n) is 5.46. The van der Waals surface area contributed by atoms with Gasteiger partial charge in [-0.25, -0.2) is 26.9 Å². The van der Waals surface area contributed by atoms with Crippen molar-refractivity contribution in [2.24, 2.45) is 0 Å². The zero-order chi connectivity index (χ0) is 16.7. The third-order valence-corrected chi connectivity index (χ3v) is 6.37. The van der Waals surface area contributed by atoms with Crippen molar-refractivity contribution in [2.45, 2.75) is 24.3 Å². The molecule has 1 aromatic heterocycles. The molecule has 0 amide bonds. The van der Waals surface area contributed by atoms with Crippen LogP contribution in [0.25, 0.3) is 0 Å². The van der Waals surface area contributed by atoms with Crippen LogP contribution < -0.4 is 0 Å². The predicted octanol–water partition coefficient (Wildman–Crippen LogP) is 1.29. The van der Waals surface area contributed by atoms with E-state index in [1.165, 1.54) is 30.3 Å². The molecular formula is C14H15F2N3O3S. The molecule has 2 heterocycles. The third-order valence-electron chi connectivity index (χ3n) is 4.17. The van der Waals surface area contributed by atoms with E-state index >= 15 is 0 Å². The number of nitrogens with zero attached hydrogens (tertiary/aromatic N) is 3. The quantitative estimate of drug-likeness (QED) is 0.839. The summed E-state index contributed by atoms with van der Waals surface area (Å²) in [4.78, 5) is 3.80. The minimum absolute atomic E-state index is 0.00910. The van der Waals surface area contributed by atoms with Crippen LogP contribution in [0.2, 0.25) is 0 Å². The van der Waals surface area contributed by atoms with Crippen LogP contribution in [-0.4, -0.2) is 40.8 Å². The molecule has 0 radical (unpaired) electrons. The van der Waals surface area contributed by atoms with Crippen LogP contribution in [0.3, 0.4) is 0 Å². The summed E-state index contributed by atoms with van der Waals surface area (Å²) in [7, 11) is -3.49. The maximum absolute atomic E-state index is 14.4. The van der Waals surface area contributed by atoms with Crippen molar-refractivity contribution in [3.8, 4) is 0 Å². The highest BCUT2D eigenvalue weighted by Crippen LogP contribution is 2.39. The van der Waals surface area contributed by atoms with Gasteiger partial charge in [-0.3, -0.25) is 0 Å². The maximum atomic E-state index is 14.4. The van der Waals surface area contributed by atoms with Gasteiger partial charge >= 0.3 is 0 Å². The van der Waals surface area contributed by atoms with E-state index in [2.05, 4.69) is 10.1 Å². The molecule has 23 heavy (non-hydrogen) atoms. The van der Waals surface area contributed by atoms with Crippen molar-refractivity contribution in [1.29, 1.82) is 0 Å². The topological polar surface area (TPSA) is 74.1 Å². The van der Waals surface area contributed by atoms with E-state index in [-0.39, 0.29) is 24.5 Å². The van der Waals surface area contributed by atoms with Crippen molar-refractivity contribution in [3.63, 3.8) is 0 Å². The Labute approximate surface area is 132 Å². The van der Waals surface area contributed by atoms with Crippen molar-refractivity contribution < 1.29 is 21.9 Å². The summed E-state index contributed by atoms with van der Waals surface area (Å²) in [6, 6.07) is 3.02. The fourth-order valence-corrected chi connectivity index (χ4v) is 4.39. The number of hydrogen-bond donors (Lipinski definition) is 0. The number of hydrogen-bond acceptors (Lipinski definition) is 5. The monoisotopic (exact) mass is 343 g/mol. The highest BCUT2D eigenvalue weighted by Gasteiger charge is 2.50. The molecule has 3 rings (SSSR count). The molecule has 0 aliphatic carbocycles. The van der Waals surface area contributed by atoms with E-state index in [4.69, 9.17) is 4.74 Å². The standard InChI is InChI=1S/C14H15F2N3O3S/c1-10-14(7-19-9-17-8-18-19,22-4-5-23(10,20)21)12-3-2-11(15)6-13(12)16/h2-3,6,8-10H,4-5,7H2,1H3/t10-,14+/m0/s1. The van der Waals surface area contributed by atoms with E-state index in [0.717, 1.165) is 12.1 Å². The number of benzene rings is 1. The molecule has 0 N–H and O–H groups in total. The molecule has 0 spiro atoms. The van der Waals surface area contributed by atoms with Gasteiger partial charge in [0.1, 0.15) is 29.9 Å². The van der Waals surface area contributed by atoms with Crippen molar-refractivity contribution in [1.82, 2.24) is 14.8 Å². The van der Waals surface area contributed by atoms with E-state index in [0.29, 0.717) is 0 Å². The number of aromatic nitrogens is 3. The molecule has 1 aliphatic rings. The Hall–Kier alpha value is -1.87. The summed E-state index contributed by atoms with van der Waals surface area (Å²) in [5.41, 5.74) is -1.51. The number of rotatable bonds is 3. The van der Waals surface area contributed by atoms with Gasteiger partial charge in [0.2, 0.25) is 0 Å². The van der Waals surface area contributed by atoms with Crippen LogP contribution in [0.4, 0.5) is 8.78 Å². The molecule has 6 nitrogen and oxygen atoms in total. The molecule has 0 bridgehead atoms. The smallest absolute Gasteiger partial charge is 0.158 e. The number of sulfone groups is 1. The average molecular weight is 343 g/mol. The van der Waals surface area contributed by atoms with Gasteiger partial charge in [0.15, 0.2) is 9.84 Å². The minimum Gasteiger partial charge on any atom is -0.366 e. The van der Waals surface area contributed by atoms with Crippen LogP contribution in [0.5, 0.6) is 0 Å². The zero-order valence-electron chi connectivity index (χ0n) is 12.3. The molecule has 0 saturated carbocycles. The lowest BCUT2D eigenvalue weighted by atomic mass is 9.89. The Morgan fingerprint density at radius 3 is 2.87 bits per heavy atom. The third kappa shape index (κ3) is 2.74. The van der Waals surface area contributed by atoms with Gasteiger partial charge in [-0.2, -0.15) is 5.10 Å². The summed E-state index contributed by atoms with van der Waals surface area (Å²) >= 11 is 0. The highest BCUT2D eigenvalue weighted by atomic mass is 32.2. The summed E-state index contributed by atoms with van der Waals surface area (Å²) in [6.45, 7) is 1.35. The Bertz CT molecular complexity index is 811. The van der Waals surface area contributed by atoms with Crippen LogP contribution >= 0.6 is 0 Å². The van der Waals surface area contributed by atoms with E-state index < -0.39 is 32.3 Å². The van der Waals surface area contributed by atoms with Gasteiger partial charge in [0, 0.05) is 11.6 Å². The molecule has 1 saturated heterocycles. The lowest BCUT2D eigenvalue weighted by Crippen LogP contribution is -2.53. The van der Waals surface area contributed by atoms with Gasteiger partial charge in [-0.05, 0) is 13.0 Å². The lowest BCUT2D eigenvalue weighted by Gasteiger charge is -2.42. The van der Waals surface area contributed by atoms with Gasteiger partial charge < -0.3 is 4.74 Å². The summed E-state index contributed by atoms with van der Waals surface area (Å²) in [5, 5.41) is 2.92. The van der Waals surface area contributed by atoms with E-state index in [1.807, 2.05) is 0 Å². The molecule has 9 heteroatoms. The van der Waals surface area contributed by atoms with Crippen molar-refractivity contribution in [3.05, 3.63) is 48.1 Å². The minimum atomic E-state index is -3.49. The Morgan fingerprint density at radius 2 is 2.22 bits per heavy atom. The second-order valence-corrected chi connectivity index (χ2v) is 7.91. The van der Waals surface area contributed by atoms with Crippen LogP contribution in [0.15, 0.2) is 30.9 Å². The Kier molecular flexibility index (Phi) is 3.93. The molecule has 2 aromatic rings. The second kappa shape index (κ2) is 5.64. The van der Waals surface area contributed by atoms with Gasteiger partial charge in [-0.15, -0.1) is 0 Å². The maximum Gasteiger partial charge on any atom is 0.158 e. The predicted molar refractivity (Wildman–Crippen MR) is 77.3 cm³/mol.